The van der Waals surface area contributed by atoms with Gasteiger partial charge in [0, 0.05) is 13.7 Å². The highest BCUT2D eigenvalue weighted by atomic mass is 16.5. The van der Waals surface area contributed by atoms with Crippen LogP contribution in [0.4, 0.5) is 0 Å². The molecule has 0 saturated carbocycles. The van der Waals surface area contributed by atoms with Crippen molar-refractivity contribution >= 4 is 5.91 Å². The van der Waals surface area contributed by atoms with Crippen LogP contribution in [0, 0.1) is 0 Å². The Kier molecular flexibility index (Phi) is 4.57. The van der Waals surface area contributed by atoms with Crippen LogP contribution in [0.15, 0.2) is 36.7 Å². The second kappa shape index (κ2) is 6.60. The molecule has 0 radical (unpaired) electrons. The molecule has 7 nitrogen and oxygen atoms in total. The molecule has 1 aromatic heterocycles. The van der Waals surface area contributed by atoms with E-state index in [1.54, 1.807) is 7.11 Å². The van der Waals surface area contributed by atoms with Gasteiger partial charge in [-0.1, -0.05) is 30.3 Å². The first kappa shape index (κ1) is 13.2. The van der Waals surface area contributed by atoms with Gasteiger partial charge in [0.05, 0.1) is 6.61 Å². The van der Waals surface area contributed by atoms with E-state index in [0.29, 0.717) is 13.2 Å². The smallest absolute Gasteiger partial charge is 0.249 e. The second-order valence-corrected chi connectivity index (χ2v) is 3.89. The zero-order chi connectivity index (χ0) is 13.5. The predicted molar refractivity (Wildman–Crippen MR) is 67.3 cm³/mol. The number of nitrogens with one attached hydrogen (secondary N) is 1. The second-order valence-electron chi connectivity index (χ2n) is 3.89. The standard InChI is InChI=1S/C12H15N5O2/c1-19-8-7-13-12(18)11(17-9-14-15-16-17)10-5-3-2-4-6-10/h2-6,9,11H,7-8H2,1H3,(H,13,18)/t11-/m0/s1. The normalized spacial score (nSPS) is 12.1. The summed E-state index contributed by atoms with van der Waals surface area (Å²) in [4.78, 5) is 12.2. The average Bonchev–Trinajstić information content (AvgIpc) is 2.94. The maximum Gasteiger partial charge on any atom is 0.249 e. The van der Waals surface area contributed by atoms with Crippen molar-refractivity contribution in [3.8, 4) is 0 Å². The number of amides is 1. The fourth-order valence-electron chi connectivity index (χ4n) is 1.72. The van der Waals surface area contributed by atoms with Gasteiger partial charge in [-0.15, -0.1) is 5.10 Å². The third-order valence-corrected chi connectivity index (χ3v) is 2.60. The lowest BCUT2D eigenvalue weighted by Gasteiger charge is -2.16. The molecule has 1 aromatic carbocycles. The summed E-state index contributed by atoms with van der Waals surface area (Å²) in [6.07, 6.45) is 1.42. The lowest BCUT2D eigenvalue weighted by atomic mass is 10.1. The quantitative estimate of drug-likeness (QED) is 0.742. The van der Waals surface area contributed by atoms with E-state index in [1.165, 1.54) is 11.0 Å². The number of nitrogens with zero attached hydrogens (tertiary/aromatic N) is 4. The first-order chi connectivity index (χ1) is 9.33. The van der Waals surface area contributed by atoms with Crippen molar-refractivity contribution in [1.29, 1.82) is 0 Å². The highest BCUT2D eigenvalue weighted by molar-refractivity contribution is 5.83. The van der Waals surface area contributed by atoms with E-state index in [0.717, 1.165) is 5.56 Å². The molecule has 0 bridgehead atoms. The number of hydrogen-bond donors (Lipinski definition) is 1. The Morgan fingerprint density at radius 2 is 2.21 bits per heavy atom. The fourth-order valence-corrected chi connectivity index (χ4v) is 1.72. The van der Waals surface area contributed by atoms with E-state index in [2.05, 4.69) is 20.8 Å². The Morgan fingerprint density at radius 3 is 2.84 bits per heavy atom. The largest absolute Gasteiger partial charge is 0.383 e. The number of methoxy groups -OCH3 is 1. The predicted octanol–water partition coefficient (Wildman–Crippen LogP) is 0.0251. The van der Waals surface area contributed by atoms with Crippen molar-refractivity contribution in [3.63, 3.8) is 0 Å². The Balaban J connectivity index is 2.18. The Hall–Kier alpha value is -2.28. The molecule has 0 saturated heterocycles. The van der Waals surface area contributed by atoms with Crippen molar-refractivity contribution in [2.45, 2.75) is 6.04 Å². The van der Waals surface area contributed by atoms with Crippen LogP contribution < -0.4 is 5.32 Å². The summed E-state index contributed by atoms with van der Waals surface area (Å²) in [7, 11) is 1.59. The maximum atomic E-state index is 12.2. The summed E-state index contributed by atoms with van der Waals surface area (Å²) in [5, 5.41) is 13.7. The maximum absolute atomic E-state index is 12.2. The van der Waals surface area contributed by atoms with Gasteiger partial charge in [0.2, 0.25) is 5.91 Å². The van der Waals surface area contributed by atoms with Crippen LogP contribution >= 0.6 is 0 Å². The van der Waals surface area contributed by atoms with Gasteiger partial charge in [0.15, 0.2) is 6.04 Å². The van der Waals surface area contributed by atoms with Crippen LogP contribution in [0.1, 0.15) is 11.6 Å². The third-order valence-electron chi connectivity index (χ3n) is 2.60. The molecule has 0 aliphatic heterocycles. The third kappa shape index (κ3) is 3.35. The topological polar surface area (TPSA) is 81.9 Å². The number of ether oxygens (including phenoxy) is 1. The summed E-state index contributed by atoms with van der Waals surface area (Å²) in [6, 6.07) is 8.78. The summed E-state index contributed by atoms with van der Waals surface area (Å²) < 4.78 is 6.33. The lowest BCUT2D eigenvalue weighted by molar-refractivity contribution is -0.123. The molecule has 0 aliphatic carbocycles. The minimum atomic E-state index is -0.576. The van der Waals surface area contributed by atoms with E-state index < -0.39 is 6.04 Å². The van der Waals surface area contributed by atoms with Gasteiger partial charge in [-0.2, -0.15) is 0 Å². The summed E-state index contributed by atoms with van der Waals surface area (Å²) in [5.41, 5.74) is 0.824. The average molecular weight is 261 g/mol. The van der Waals surface area contributed by atoms with E-state index in [-0.39, 0.29) is 5.91 Å². The zero-order valence-corrected chi connectivity index (χ0v) is 10.6. The molecular formula is C12H15N5O2. The summed E-state index contributed by atoms with van der Waals surface area (Å²) in [5.74, 6) is -0.171. The van der Waals surface area contributed by atoms with Crippen LogP contribution in [-0.2, 0) is 9.53 Å². The highest BCUT2D eigenvalue weighted by Gasteiger charge is 2.23. The minimum Gasteiger partial charge on any atom is -0.383 e. The van der Waals surface area contributed by atoms with Gasteiger partial charge in [-0.25, -0.2) is 4.68 Å². The number of benzene rings is 1. The van der Waals surface area contributed by atoms with Crippen molar-refractivity contribution < 1.29 is 9.53 Å². The van der Waals surface area contributed by atoms with Crippen LogP contribution in [0.2, 0.25) is 0 Å². The van der Waals surface area contributed by atoms with Gasteiger partial charge in [-0.3, -0.25) is 4.79 Å². The number of tetrazole rings is 1. The van der Waals surface area contributed by atoms with E-state index >= 15 is 0 Å². The summed E-state index contributed by atoms with van der Waals surface area (Å²) >= 11 is 0. The molecule has 1 amide bonds. The first-order valence-electron chi connectivity index (χ1n) is 5.87. The van der Waals surface area contributed by atoms with E-state index in [1.807, 2.05) is 30.3 Å². The van der Waals surface area contributed by atoms with Gasteiger partial charge in [0.25, 0.3) is 0 Å². The number of hydrogen-bond acceptors (Lipinski definition) is 5. The SMILES string of the molecule is COCCNC(=O)[C@H](c1ccccc1)n1cnnn1. The molecule has 0 fully saturated rings. The Labute approximate surface area is 110 Å². The summed E-state index contributed by atoms with van der Waals surface area (Å²) in [6.45, 7) is 0.906. The zero-order valence-electron chi connectivity index (χ0n) is 10.6. The molecule has 1 heterocycles. The number of rotatable bonds is 6. The van der Waals surface area contributed by atoms with Gasteiger partial charge >= 0.3 is 0 Å². The molecule has 0 unspecified atom stereocenters. The van der Waals surface area contributed by atoms with Gasteiger partial charge in [0.1, 0.15) is 6.33 Å². The van der Waals surface area contributed by atoms with Crippen molar-refractivity contribution in [3.05, 3.63) is 42.2 Å². The molecule has 19 heavy (non-hydrogen) atoms. The molecule has 2 rings (SSSR count). The minimum absolute atomic E-state index is 0.171. The van der Waals surface area contributed by atoms with Crippen LogP contribution in [-0.4, -0.2) is 46.4 Å². The fraction of sp³-hybridized carbons (Fsp3) is 0.333. The van der Waals surface area contributed by atoms with Gasteiger partial charge < -0.3 is 10.1 Å². The lowest BCUT2D eigenvalue weighted by Crippen LogP contribution is -2.35. The van der Waals surface area contributed by atoms with E-state index in [9.17, 15) is 4.79 Å². The van der Waals surface area contributed by atoms with Crippen LogP contribution in [0.3, 0.4) is 0 Å². The molecule has 2 aromatic rings. The van der Waals surface area contributed by atoms with Crippen LogP contribution in [0.25, 0.3) is 0 Å². The molecule has 100 valence electrons. The Morgan fingerprint density at radius 1 is 1.42 bits per heavy atom. The molecule has 1 atom stereocenters. The van der Waals surface area contributed by atoms with Crippen LogP contribution in [0.5, 0.6) is 0 Å². The number of carbonyl (C=O) groups excluding carboxylic acids is 1. The molecule has 0 spiro atoms. The van der Waals surface area contributed by atoms with Crippen molar-refractivity contribution in [2.24, 2.45) is 0 Å². The van der Waals surface area contributed by atoms with Crippen molar-refractivity contribution in [1.82, 2.24) is 25.5 Å². The first-order valence-corrected chi connectivity index (χ1v) is 5.87. The molecular weight excluding hydrogens is 246 g/mol. The van der Waals surface area contributed by atoms with Crippen molar-refractivity contribution in [2.75, 3.05) is 20.3 Å². The molecule has 7 heteroatoms. The monoisotopic (exact) mass is 261 g/mol. The molecule has 1 N–H and O–H groups in total. The van der Waals surface area contributed by atoms with E-state index in [4.69, 9.17) is 4.74 Å². The molecule has 0 aliphatic rings. The number of aromatic nitrogens is 4. The highest BCUT2D eigenvalue weighted by Crippen LogP contribution is 2.16. The Bertz CT molecular complexity index is 500. The number of carbonyl (C=O) groups is 1. The van der Waals surface area contributed by atoms with Gasteiger partial charge in [-0.05, 0) is 16.0 Å².